The minimum absolute atomic E-state index is 0.0542. The summed E-state index contributed by atoms with van der Waals surface area (Å²) in [4.78, 5) is 26.3. The van der Waals surface area contributed by atoms with Crippen LogP contribution in [0.2, 0.25) is 0 Å². The summed E-state index contributed by atoms with van der Waals surface area (Å²) in [6.45, 7) is 1.63. The summed E-state index contributed by atoms with van der Waals surface area (Å²) in [6.07, 6.45) is 0. The van der Waals surface area contributed by atoms with E-state index in [0.29, 0.717) is 28.0 Å². The lowest BCUT2D eigenvalue weighted by Gasteiger charge is -2.12. The van der Waals surface area contributed by atoms with Gasteiger partial charge in [0.15, 0.2) is 11.5 Å². The number of para-hydroxylation sites is 1. The highest BCUT2D eigenvalue weighted by Gasteiger charge is 2.19. The summed E-state index contributed by atoms with van der Waals surface area (Å²) in [7, 11) is 0. The molecule has 0 aliphatic rings. The third-order valence-electron chi connectivity index (χ3n) is 5.08. The molecule has 0 aliphatic carbocycles. The van der Waals surface area contributed by atoms with Crippen LogP contribution in [-0.4, -0.2) is 35.9 Å². The number of fused-ring (bicyclic) bond motifs is 1. The van der Waals surface area contributed by atoms with Gasteiger partial charge in [-0.1, -0.05) is 36.4 Å². The zero-order valence-corrected chi connectivity index (χ0v) is 17.3. The van der Waals surface area contributed by atoms with Gasteiger partial charge in [0.25, 0.3) is 11.5 Å². The molecule has 2 aromatic heterocycles. The van der Waals surface area contributed by atoms with Crippen LogP contribution in [0.25, 0.3) is 22.1 Å². The van der Waals surface area contributed by atoms with E-state index in [4.69, 9.17) is 0 Å². The molecule has 0 fully saturated rings. The van der Waals surface area contributed by atoms with Crippen LogP contribution in [0.5, 0.6) is 0 Å². The Bertz CT molecular complexity index is 1560. The van der Waals surface area contributed by atoms with E-state index < -0.39 is 11.7 Å². The number of tetrazole rings is 1. The van der Waals surface area contributed by atoms with Gasteiger partial charge in [-0.3, -0.25) is 9.59 Å². The fraction of sp³-hybridized carbons (Fsp3) is 0.0435. The predicted octanol–water partition coefficient (Wildman–Crippen LogP) is 3.06. The minimum atomic E-state index is -0.554. The molecule has 0 unspecified atom stereocenters. The number of anilines is 1. The highest BCUT2D eigenvalue weighted by atomic mass is 19.1. The molecule has 0 atom stereocenters. The van der Waals surface area contributed by atoms with E-state index in [1.54, 1.807) is 55.5 Å². The number of benzene rings is 3. The lowest BCUT2D eigenvalue weighted by Crippen LogP contribution is -2.26. The summed E-state index contributed by atoms with van der Waals surface area (Å²) in [6, 6.07) is 19.6. The molecular weight excluding hydrogens is 425 g/mol. The van der Waals surface area contributed by atoms with Gasteiger partial charge >= 0.3 is 0 Å². The molecule has 1 amide bonds. The largest absolute Gasteiger partial charge is 0.320 e. The average Bonchev–Trinajstić information content (AvgIpc) is 3.27. The minimum Gasteiger partial charge on any atom is -0.320 e. The predicted molar refractivity (Wildman–Crippen MR) is 119 cm³/mol. The van der Waals surface area contributed by atoms with Crippen molar-refractivity contribution >= 4 is 22.4 Å². The van der Waals surface area contributed by atoms with Crippen molar-refractivity contribution in [1.82, 2.24) is 30.0 Å². The molecule has 33 heavy (non-hydrogen) atoms. The second kappa shape index (κ2) is 8.08. The van der Waals surface area contributed by atoms with E-state index in [1.165, 1.54) is 27.6 Å². The number of hydrogen-bond acceptors (Lipinski definition) is 6. The number of nitrogens with one attached hydrogen (secondary N) is 1. The molecule has 9 nitrogen and oxygen atoms in total. The first-order chi connectivity index (χ1) is 16.0. The molecule has 10 heteroatoms. The molecule has 162 valence electrons. The van der Waals surface area contributed by atoms with Crippen LogP contribution in [0, 0.1) is 12.7 Å². The number of nitrogens with zero attached hydrogens (tertiary/aromatic N) is 6. The number of hydrogen-bond donors (Lipinski definition) is 1. The monoisotopic (exact) mass is 441 g/mol. The fourth-order valence-electron chi connectivity index (χ4n) is 3.50. The van der Waals surface area contributed by atoms with Gasteiger partial charge in [-0.2, -0.15) is 14.5 Å². The van der Waals surface area contributed by atoms with Crippen molar-refractivity contribution in [1.29, 1.82) is 0 Å². The Labute approximate surface area is 186 Å². The van der Waals surface area contributed by atoms with Crippen molar-refractivity contribution in [2.75, 3.05) is 5.32 Å². The molecule has 0 aliphatic heterocycles. The quantitative estimate of drug-likeness (QED) is 0.459. The van der Waals surface area contributed by atoms with Gasteiger partial charge in [-0.15, -0.1) is 5.10 Å². The van der Waals surface area contributed by atoms with Gasteiger partial charge in [0, 0.05) is 11.1 Å². The van der Waals surface area contributed by atoms with Gasteiger partial charge < -0.3 is 5.32 Å². The molecule has 5 rings (SSSR count). The SMILES string of the molecule is Cc1nnnn1-c1cc(NC(=O)c2nn(-c3ccccc3)c(=O)c3ccccc23)ccc1F. The molecule has 5 aromatic rings. The van der Waals surface area contributed by atoms with E-state index >= 15 is 0 Å². The van der Waals surface area contributed by atoms with E-state index in [-0.39, 0.29) is 16.9 Å². The first-order valence-electron chi connectivity index (χ1n) is 9.96. The molecular formula is C23H16FN7O2. The van der Waals surface area contributed by atoms with Crippen molar-refractivity contribution in [2.45, 2.75) is 6.92 Å². The molecule has 0 saturated heterocycles. The number of aryl methyl sites for hydroxylation is 1. The maximum Gasteiger partial charge on any atom is 0.279 e. The smallest absolute Gasteiger partial charge is 0.279 e. The second-order valence-corrected chi connectivity index (χ2v) is 7.20. The Morgan fingerprint density at radius 3 is 2.39 bits per heavy atom. The Balaban J connectivity index is 1.59. The van der Waals surface area contributed by atoms with Gasteiger partial charge in [0.05, 0.1) is 11.1 Å². The third kappa shape index (κ3) is 3.63. The Hall–Kier alpha value is -4.73. The van der Waals surface area contributed by atoms with Crippen LogP contribution in [0.4, 0.5) is 10.1 Å². The molecule has 1 N–H and O–H groups in total. The topological polar surface area (TPSA) is 108 Å². The van der Waals surface area contributed by atoms with E-state index in [1.807, 2.05) is 6.07 Å². The van der Waals surface area contributed by atoms with E-state index in [2.05, 4.69) is 25.9 Å². The van der Waals surface area contributed by atoms with Crippen LogP contribution < -0.4 is 10.9 Å². The number of rotatable bonds is 4. The maximum atomic E-state index is 14.4. The number of aromatic nitrogens is 6. The van der Waals surface area contributed by atoms with Gasteiger partial charge in [0.1, 0.15) is 11.5 Å². The average molecular weight is 441 g/mol. The van der Waals surface area contributed by atoms with Crippen LogP contribution in [0.1, 0.15) is 16.3 Å². The Kier molecular flexibility index (Phi) is 4.94. The van der Waals surface area contributed by atoms with Crippen molar-refractivity contribution in [2.24, 2.45) is 0 Å². The third-order valence-corrected chi connectivity index (χ3v) is 5.08. The van der Waals surface area contributed by atoms with Gasteiger partial charge in [-0.05, 0) is 53.7 Å². The van der Waals surface area contributed by atoms with Crippen LogP contribution in [0.15, 0.2) is 77.6 Å². The summed E-state index contributed by atoms with van der Waals surface area (Å²) < 4.78 is 16.8. The molecule has 0 spiro atoms. The van der Waals surface area contributed by atoms with Crippen LogP contribution >= 0.6 is 0 Å². The maximum absolute atomic E-state index is 14.4. The second-order valence-electron chi connectivity index (χ2n) is 7.20. The molecule has 3 aromatic carbocycles. The van der Waals surface area contributed by atoms with E-state index in [9.17, 15) is 14.0 Å². The number of carbonyl (C=O) groups is 1. The zero-order valence-electron chi connectivity index (χ0n) is 17.3. The van der Waals surface area contributed by atoms with Crippen molar-refractivity contribution in [3.63, 3.8) is 0 Å². The first-order valence-corrected chi connectivity index (χ1v) is 9.96. The van der Waals surface area contributed by atoms with Crippen molar-refractivity contribution < 1.29 is 9.18 Å². The fourth-order valence-corrected chi connectivity index (χ4v) is 3.50. The van der Waals surface area contributed by atoms with Crippen LogP contribution in [0.3, 0.4) is 0 Å². The summed E-state index contributed by atoms with van der Waals surface area (Å²) in [5.41, 5.74) is 0.641. The summed E-state index contributed by atoms with van der Waals surface area (Å²) >= 11 is 0. The molecule has 2 heterocycles. The standard InChI is InChI=1S/C23H16FN7O2/c1-14-26-28-29-30(14)20-13-15(11-12-19(20)24)25-22(32)21-17-9-5-6-10-18(17)23(33)31(27-21)16-7-3-2-4-8-16/h2-13H,1H3,(H,25,32). The van der Waals surface area contributed by atoms with Crippen molar-refractivity contribution in [3.05, 3.63) is 100 Å². The highest BCUT2D eigenvalue weighted by Crippen LogP contribution is 2.21. The zero-order chi connectivity index (χ0) is 22.9. The summed E-state index contributed by atoms with van der Waals surface area (Å²) in [5.74, 6) is -0.716. The van der Waals surface area contributed by atoms with Gasteiger partial charge in [-0.25, -0.2) is 4.39 Å². The molecule has 0 bridgehead atoms. The normalized spacial score (nSPS) is 11.0. The van der Waals surface area contributed by atoms with Gasteiger partial charge in [0.2, 0.25) is 0 Å². The van der Waals surface area contributed by atoms with Crippen LogP contribution in [-0.2, 0) is 0 Å². The number of carbonyl (C=O) groups excluding carboxylic acids is 1. The number of halogens is 1. The molecule has 0 radical (unpaired) electrons. The molecule has 0 saturated carbocycles. The lowest BCUT2D eigenvalue weighted by atomic mass is 10.1. The Morgan fingerprint density at radius 2 is 1.67 bits per heavy atom. The number of amides is 1. The highest BCUT2D eigenvalue weighted by molar-refractivity contribution is 6.11. The van der Waals surface area contributed by atoms with E-state index in [0.717, 1.165) is 0 Å². The van der Waals surface area contributed by atoms with Crippen molar-refractivity contribution in [3.8, 4) is 11.4 Å². The Morgan fingerprint density at radius 1 is 0.939 bits per heavy atom. The summed E-state index contributed by atoms with van der Waals surface area (Å²) in [5, 5.41) is 18.9. The first kappa shape index (κ1) is 20.2. The lowest BCUT2D eigenvalue weighted by molar-refractivity contribution is 0.102.